The van der Waals surface area contributed by atoms with E-state index in [-0.39, 0.29) is 24.4 Å². The second-order valence-corrected chi connectivity index (χ2v) is 3.88. The molecule has 1 atom stereocenters. The molecule has 1 aromatic heterocycles. The third-order valence-electron chi connectivity index (χ3n) is 2.39. The predicted octanol–water partition coefficient (Wildman–Crippen LogP) is -0.629. The van der Waals surface area contributed by atoms with Crippen molar-refractivity contribution in [3.63, 3.8) is 0 Å². The first-order valence-corrected chi connectivity index (χ1v) is 5.46. The van der Waals surface area contributed by atoms with E-state index in [1.54, 1.807) is 0 Å². The highest BCUT2D eigenvalue weighted by atomic mass is 16.6. The summed E-state index contributed by atoms with van der Waals surface area (Å²) in [5.41, 5.74) is 4.74. The Balaban J connectivity index is 2.72. The first kappa shape index (κ1) is 15.1. The van der Waals surface area contributed by atoms with Gasteiger partial charge in [0.25, 0.3) is 5.91 Å². The van der Waals surface area contributed by atoms with Gasteiger partial charge in [0.15, 0.2) is 5.69 Å². The van der Waals surface area contributed by atoms with Crippen LogP contribution in [0.3, 0.4) is 0 Å². The number of carboxylic acids is 1. The zero-order valence-corrected chi connectivity index (χ0v) is 10.2. The Bertz CT molecular complexity index is 552. The number of nitrogens with one attached hydrogen (secondary N) is 2. The van der Waals surface area contributed by atoms with Crippen LogP contribution in [0.1, 0.15) is 23.3 Å². The van der Waals surface area contributed by atoms with Crippen LogP contribution in [0.15, 0.2) is 12.1 Å². The van der Waals surface area contributed by atoms with E-state index in [1.165, 1.54) is 0 Å². The molecule has 10 nitrogen and oxygen atoms in total. The molecule has 5 N–H and O–H groups in total. The summed E-state index contributed by atoms with van der Waals surface area (Å²) in [5, 5.41) is 21.5. The molecule has 0 aliphatic carbocycles. The van der Waals surface area contributed by atoms with Crippen molar-refractivity contribution >= 4 is 23.6 Å². The molecular weight excluding hydrogens is 272 g/mol. The number of aliphatic carboxylic acids is 1. The highest BCUT2D eigenvalue weighted by molar-refractivity contribution is 5.95. The fraction of sp³-hybridized carbons (Fsp3) is 0.300. The number of hydrogen-bond acceptors (Lipinski definition) is 5. The number of primary amides is 1. The lowest BCUT2D eigenvalue weighted by Crippen LogP contribution is -2.41. The number of nitro groups is 1. The van der Waals surface area contributed by atoms with Crippen molar-refractivity contribution in [2.45, 2.75) is 18.9 Å². The molecule has 10 heteroatoms. The summed E-state index contributed by atoms with van der Waals surface area (Å²) >= 11 is 0. The first-order valence-electron chi connectivity index (χ1n) is 5.46. The molecule has 0 fully saturated rings. The smallest absolute Gasteiger partial charge is 0.326 e. The van der Waals surface area contributed by atoms with Crippen LogP contribution >= 0.6 is 0 Å². The molecule has 0 aromatic carbocycles. The van der Waals surface area contributed by atoms with E-state index in [1.807, 2.05) is 0 Å². The Labute approximate surface area is 112 Å². The van der Waals surface area contributed by atoms with Crippen molar-refractivity contribution in [1.29, 1.82) is 0 Å². The summed E-state index contributed by atoms with van der Waals surface area (Å²) in [6.45, 7) is 0. The lowest BCUT2D eigenvalue weighted by atomic mass is 10.1. The minimum atomic E-state index is -1.33. The Morgan fingerprint density at radius 2 is 2.10 bits per heavy atom. The Kier molecular flexibility index (Phi) is 4.78. The maximum atomic E-state index is 11.7. The molecule has 108 valence electrons. The molecule has 0 radical (unpaired) electrons. The number of carboxylic acid groups (broad SMARTS) is 1. The van der Waals surface area contributed by atoms with E-state index in [0.29, 0.717) is 0 Å². The number of nitrogens with two attached hydrogens (primary N) is 1. The third kappa shape index (κ3) is 4.08. The lowest BCUT2D eigenvalue weighted by molar-refractivity contribution is -0.389. The van der Waals surface area contributed by atoms with Gasteiger partial charge in [-0.25, -0.2) is 9.78 Å². The fourth-order valence-corrected chi connectivity index (χ4v) is 1.40. The summed E-state index contributed by atoms with van der Waals surface area (Å²) in [6.07, 6.45) is -0.374. The normalized spacial score (nSPS) is 11.6. The first-order chi connectivity index (χ1) is 9.31. The molecule has 0 bridgehead atoms. The van der Waals surface area contributed by atoms with Crippen LogP contribution in [0.25, 0.3) is 0 Å². The molecule has 2 amide bonds. The molecule has 1 unspecified atom stereocenters. The number of rotatable bonds is 7. The van der Waals surface area contributed by atoms with Crippen molar-refractivity contribution in [1.82, 2.24) is 10.3 Å². The highest BCUT2D eigenvalue weighted by Crippen LogP contribution is 2.10. The zero-order chi connectivity index (χ0) is 15.3. The zero-order valence-electron chi connectivity index (χ0n) is 10.2. The lowest BCUT2D eigenvalue weighted by Gasteiger charge is -2.12. The average molecular weight is 284 g/mol. The Hall–Kier alpha value is -2.91. The van der Waals surface area contributed by atoms with Crippen LogP contribution in [-0.4, -0.2) is 38.8 Å². The van der Waals surface area contributed by atoms with Crippen LogP contribution < -0.4 is 11.1 Å². The van der Waals surface area contributed by atoms with E-state index in [0.717, 1.165) is 12.1 Å². The molecule has 0 saturated heterocycles. The molecular formula is C10H12N4O6. The molecule has 0 aliphatic heterocycles. The van der Waals surface area contributed by atoms with Gasteiger partial charge in [0, 0.05) is 12.5 Å². The van der Waals surface area contributed by atoms with Crippen LogP contribution in [0.4, 0.5) is 5.82 Å². The molecule has 1 rings (SSSR count). The topological polar surface area (TPSA) is 168 Å². The maximum absolute atomic E-state index is 11.7. The largest absolute Gasteiger partial charge is 0.480 e. The van der Waals surface area contributed by atoms with Crippen molar-refractivity contribution in [3.8, 4) is 0 Å². The summed E-state index contributed by atoms with van der Waals surface area (Å²) in [7, 11) is 0. The quantitative estimate of drug-likeness (QED) is 0.384. The number of carbonyl (C=O) groups is 3. The van der Waals surface area contributed by atoms with Crippen LogP contribution in [0, 0.1) is 10.1 Å². The number of aromatic amines is 1. The van der Waals surface area contributed by atoms with Gasteiger partial charge in [-0.1, -0.05) is 0 Å². The molecule has 1 heterocycles. The number of carbonyl (C=O) groups excluding carboxylic acids is 2. The SMILES string of the molecule is NC(=O)CCC(NC(=O)c1ccc([N+](=O)[O-])[nH]1)C(=O)O. The second-order valence-electron chi connectivity index (χ2n) is 3.88. The van der Waals surface area contributed by atoms with Gasteiger partial charge < -0.3 is 26.3 Å². The van der Waals surface area contributed by atoms with Gasteiger partial charge in [0.2, 0.25) is 5.91 Å². The fourth-order valence-electron chi connectivity index (χ4n) is 1.40. The van der Waals surface area contributed by atoms with Gasteiger partial charge in [-0.2, -0.15) is 0 Å². The monoisotopic (exact) mass is 284 g/mol. The van der Waals surface area contributed by atoms with Gasteiger partial charge in [0.1, 0.15) is 6.04 Å². The van der Waals surface area contributed by atoms with Gasteiger partial charge in [0.05, 0.1) is 0 Å². The molecule has 0 aliphatic rings. The van der Waals surface area contributed by atoms with E-state index >= 15 is 0 Å². The molecule has 20 heavy (non-hydrogen) atoms. The van der Waals surface area contributed by atoms with Gasteiger partial charge in [-0.3, -0.25) is 9.59 Å². The minimum Gasteiger partial charge on any atom is -0.480 e. The van der Waals surface area contributed by atoms with Crippen molar-refractivity contribution in [2.24, 2.45) is 5.73 Å². The molecule has 0 spiro atoms. The summed E-state index contributed by atoms with van der Waals surface area (Å²) in [4.78, 5) is 45.1. The van der Waals surface area contributed by atoms with E-state index in [4.69, 9.17) is 10.8 Å². The number of hydrogen-bond donors (Lipinski definition) is 4. The highest BCUT2D eigenvalue weighted by Gasteiger charge is 2.23. The third-order valence-corrected chi connectivity index (χ3v) is 2.39. The minimum absolute atomic E-state index is 0.151. The molecule has 1 aromatic rings. The van der Waals surface area contributed by atoms with E-state index in [2.05, 4.69) is 10.3 Å². The van der Waals surface area contributed by atoms with Crippen molar-refractivity contribution < 1.29 is 24.4 Å². The van der Waals surface area contributed by atoms with Gasteiger partial charge in [-0.15, -0.1) is 0 Å². The Morgan fingerprint density at radius 1 is 1.45 bits per heavy atom. The van der Waals surface area contributed by atoms with E-state index in [9.17, 15) is 24.5 Å². The van der Waals surface area contributed by atoms with Crippen molar-refractivity contribution in [3.05, 3.63) is 27.9 Å². The second kappa shape index (κ2) is 6.31. The summed E-state index contributed by atoms with van der Waals surface area (Å²) in [6, 6.07) is 0.923. The van der Waals surface area contributed by atoms with Crippen LogP contribution in [-0.2, 0) is 9.59 Å². The number of amides is 2. The Morgan fingerprint density at radius 3 is 2.55 bits per heavy atom. The van der Waals surface area contributed by atoms with Gasteiger partial charge >= 0.3 is 11.8 Å². The number of aromatic nitrogens is 1. The number of nitrogens with zero attached hydrogens (tertiary/aromatic N) is 1. The standard InChI is InChI=1S/C10H12N4O6/c11-7(15)3-1-6(10(17)18)13-9(16)5-2-4-8(12-5)14(19)20/h2,4,6,12H,1,3H2,(H2,11,15)(H,13,16)(H,17,18). The summed E-state index contributed by atoms with van der Waals surface area (Å²) < 4.78 is 0. The van der Waals surface area contributed by atoms with Crippen LogP contribution in [0.2, 0.25) is 0 Å². The van der Waals surface area contributed by atoms with E-state index < -0.39 is 28.7 Å². The van der Waals surface area contributed by atoms with Gasteiger partial charge in [-0.05, 0) is 17.4 Å². The van der Waals surface area contributed by atoms with Crippen molar-refractivity contribution in [2.75, 3.05) is 0 Å². The predicted molar refractivity (Wildman–Crippen MR) is 64.8 cm³/mol. The summed E-state index contributed by atoms with van der Waals surface area (Å²) in [5.74, 6) is -3.24. The average Bonchev–Trinajstić information content (AvgIpc) is 2.83. The maximum Gasteiger partial charge on any atom is 0.326 e. The van der Waals surface area contributed by atoms with Crippen LogP contribution in [0.5, 0.6) is 0 Å². The molecule has 0 saturated carbocycles. The number of H-pyrrole nitrogens is 1.